The zero-order chi connectivity index (χ0) is 15.8. The Bertz CT molecular complexity index is 480. The number of hydrogen-bond donors (Lipinski definition) is 2. The molecule has 1 aromatic heterocycles. The molecule has 2 rings (SSSR count). The Morgan fingerprint density at radius 2 is 2.09 bits per heavy atom. The van der Waals surface area contributed by atoms with Crippen LogP contribution < -0.4 is 15.5 Å². The summed E-state index contributed by atoms with van der Waals surface area (Å²) in [4.78, 5) is 20.5. The van der Waals surface area contributed by atoms with E-state index in [0.717, 1.165) is 45.1 Å². The summed E-state index contributed by atoms with van der Waals surface area (Å²) in [5, 5.41) is 9.43. The van der Waals surface area contributed by atoms with Crippen LogP contribution in [0.15, 0.2) is 22.5 Å². The number of aliphatic imine (C=N–C) groups is 1. The van der Waals surface area contributed by atoms with Crippen molar-refractivity contribution in [3.8, 4) is 0 Å². The van der Waals surface area contributed by atoms with Gasteiger partial charge in [0.2, 0.25) is 5.91 Å². The topological polar surface area (TPSA) is 60.0 Å². The van der Waals surface area contributed by atoms with Gasteiger partial charge < -0.3 is 20.4 Å². The minimum absolute atomic E-state index is 0.0141. The Hall–Kier alpha value is -1.76. The maximum absolute atomic E-state index is 11.7. The maximum atomic E-state index is 11.7. The molecule has 0 bridgehead atoms. The summed E-state index contributed by atoms with van der Waals surface area (Å²) in [6, 6.07) is 4.24. The van der Waals surface area contributed by atoms with E-state index in [0.29, 0.717) is 0 Å². The molecule has 0 unspecified atom stereocenters. The first-order chi connectivity index (χ1) is 10.7. The highest BCUT2D eigenvalue weighted by Gasteiger charge is 2.20. The second-order valence-electron chi connectivity index (χ2n) is 5.18. The van der Waals surface area contributed by atoms with Crippen molar-refractivity contribution >= 4 is 28.2 Å². The quantitative estimate of drug-likeness (QED) is 0.626. The summed E-state index contributed by atoms with van der Waals surface area (Å²) in [5.41, 5.74) is 0. The molecule has 6 nitrogen and oxygen atoms in total. The van der Waals surface area contributed by atoms with E-state index in [2.05, 4.69) is 42.9 Å². The molecule has 1 aromatic rings. The Morgan fingerprint density at radius 1 is 1.32 bits per heavy atom. The van der Waals surface area contributed by atoms with Crippen LogP contribution >= 0.6 is 11.3 Å². The number of nitrogens with zero attached hydrogens (tertiary/aromatic N) is 3. The predicted molar refractivity (Wildman–Crippen MR) is 92.8 cm³/mol. The van der Waals surface area contributed by atoms with E-state index in [1.165, 1.54) is 5.00 Å². The highest BCUT2D eigenvalue weighted by molar-refractivity contribution is 7.14. The lowest BCUT2D eigenvalue weighted by Crippen LogP contribution is -2.53. The van der Waals surface area contributed by atoms with Crippen LogP contribution in [-0.2, 0) is 4.79 Å². The fourth-order valence-corrected chi connectivity index (χ4v) is 3.19. The van der Waals surface area contributed by atoms with Gasteiger partial charge >= 0.3 is 0 Å². The maximum Gasteiger partial charge on any atom is 0.239 e. The molecule has 1 aliphatic heterocycles. The standard InChI is InChI=1S/C15H25N5OS/c1-3-6-17-13(21)12-18-15(16-2)20-9-7-19(8-10-20)14-5-4-11-22-14/h4-5,11H,3,6-10,12H2,1-2H3,(H,16,18)(H,17,21). The molecule has 22 heavy (non-hydrogen) atoms. The summed E-state index contributed by atoms with van der Waals surface area (Å²) >= 11 is 1.78. The fraction of sp³-hybridized carbons (Fsp3) is 0.600. The first-order valence-corrected chi connectivity index (χ1v) is 8.63. The van der Waals surface area contributed by atoms with E-state index < -0.39 is 0 Å². The van der Waals surface area contributed by atoms with Gasteiger partial charge in [-0.15, -0.1) is 11.3 Å². The van der Waals surface area contributed by atoms with E-state index in [1.807, 2.05) is 6.92 Å². The summed E-state index contributed by atoms with van der Waals surface area (Å²) in [6.45, 7) is 6.81. The van der Waals surface area contributed by atoms with E-state index >= 15 is 0 Å². The van der Waals surface area contributed by atoms with Crippen molar-refractivity contribution in [1.29, 1.82) is 0 Å². The molecular weight excluding hydrogens is 298 g/mol. The third kappa shape index (κ3) is 4.62. The van der Waals surface area contributed by atoms with Crippen LogP contribution in [0.25, 0.3) is 0 Å². The Kier molecular flexibility index (Phi) is 6.51. The molecule has 1 saturated heterocycles. The van der Waals surface area contributed by atoms with Gasteiger partial charge in [0.15, 0.2) is 5.96 Å². The van der Waals surface area contributed by atoms with Gasteiger partial charge in [0.1, 0.15) is 0 Å². The van der Waals surface area contributed by atoms with Crippen LogP contribution in [0.5, 0.6) is 0 Å². The van der Waals surface area contributed by atoms with Gasteiger partial charge in [-0.3, -0.25) is 9.79 Å². The average molecular weight is 323 g/mol. The number of carbonyl (C=O) groups excluding carboxylic acids is 1. The van der Waals surface area contributed by atoms with E-state index in [1.54, 1.807) is 18.4 Å². The van der Waals surface area contributed by atoms with Gasteiger partial charge in [0, 0.05) is 39.8 Å². The number of rotatable bonds is 5. The van der Waals surface area contributed by atoms with E-state index in [9.17, 15) is 4.79 Å². The third-order valence-corrected chi connectivity index (χ3v) is 4.52. The number of thiophene rings is 1. The number of guanidine groups is 1. The second kappa shape index (κ2) is 8.63. The molecule has 0 atom stereocenters. The van der Waals surface area contributed by atoms with Crippen LogP contribution in [0.1, 0.15) is 13.3 Å². The van der Waals surface area contributed by atoms with Crippen molar-refractivity contribution in [3.05, 3.63) is 17.5 Å². The van der Waals surface area contributed by atoms with Crippen LogP contribution in [0, 0.1) is 0 Å². The predicted octanol–water partition coefficient (Wildman–Crippen LogP) is 0.972. The Balaban J connectivity index is 1.77. The van der Waals surface area contributed by atoms with Crippen LogP contribution in [0.3, 0.4) is 0 Å². The van der Waals surface area contributed by atoms with Crippen LogP contribution in [0.2, 0.25) is 0 Å². The minimum Gasteiger partial charge on any atom is -0.360 e. The first kappa shape index (κ1) is 16.6. The first-order valence-electron chi connectivity index (χ1n) is 7.75. The summed E-state index contributed by atoms with van der Waals surface area (Å²) in [5.74, 6) is 0.817. The Morgan fingerprint density at radius 3 is 2.68 bits per heavy atom. The third-order valence-electron chi connectivity index (χ3n) is 3.59. The monoisotopic (exact) mass is 323 g/mol. The van der Waals surface area contributed by atoms with Crippen molar-refractivity contribution in [2.24, 2.45) is 4.99 Å². The van der Waals surface area contributed by atoms with Gasteiger partial charge in [-0.25, -0.2) is 0 Å². The average Bonchev–Trinajstić information content (AvgIpc) is 3.08. The number of anilines is 1. The molecule has 0 saturated carbocycles. The SMILES string of the molecule is CCCNC(=O)CNC(=NC)N1CCN(c2cccs2)CC1. The molecule has 0 spiro atoms. The number of carbonyl (C=O) groups is 1. The number of hydrogen-bond acceptors (Lipinski definition) is 4. The van der Waals surface area contributed by atoms with Crippen LogP contribution in [0.4, 0.5) is 5.00 Å². The number of piperazine rings is 1. The van der Waals surface area contributed by atoms with Gasteiger partial charge in [0.05, 0.1) is 11.5 Å². The normalized spacial score (nSPS) is 15.8. The molecule has 122 valence electrons. The van der Waals surface area contributed by atoms with E-state index in [4.69, 9.17) is 0 Å². The second-order valence-corrected chi connectivity index (χ2v) is 6.10. The summed E-state index contributed by atoms with van der Waals surface area (Å²) < 4.78 is 0. The summed E-state index contributed by atoms with van der Waals surface area (Å²) in [7, 11) is 1.76. The highest BCUT2D eigenvalue weighted by atomic mass is 32.1. The minimum atomic E-state index is 0.0141. The molecule has 1 amide bonds. The molecule has 2 heterocycles. The fourth-order valence-electron chi connectivity index (χ4n) is 2.41. The zero-order valence-corrected chi connectivity index (χ0v) is 14.2. The van der Waals surface area contributed by atoms with Gasteiger partial charge in [0.25, 0.3) is 0 Å². The van der Waals surface area contributed by atoms with Crippen molar-refractivity contribution in [1.82, 2.24) is 15.5 Å². The molecule has 0 aliphatic carbocycles. The van der Waals surface area contributed by atoms with E-state index in [-0.39, 0.29) is 12.5 Å². The highest BCUT2D eigenvalue weighted by Crippen LogP contribution is 2.22. The number of nitrogens with one attached hydrogen (secondary N) is 2. The van der Waals surface area contributed by atoms with Gasteiger partial charge in [-0.2, -0.15) is 0 Å². The lowest BCUT2D eigenvalue weighted by atomic mass is 10.3. The van der Waals surface area contributed by atoms with Crippen LogP contribution in [-0.4, -0.2) is 63.1 Å². The molecular formula is C15H25N5OS. The van der Waals surface area contributed by atoms with Crippen molar-refractivity contribution in [3.63, 3.8) is 0 Å². The van der Waals surface area contributed by atoms with Crippen molar-refractivity contribution < 1.29 is 4.79 Å². The molecule has 2 N–H and O–H groups in total. The zero-order valence-electron chi connectivity index (χ0n) is 13.3. The van der Waals surface area contributed by atoms with Gasteiger partial charge in [-0.1, -0.05) is 6.92 Å². The number of amides is 1. The largest absolute Gasteiger partial charge is 0.360 e. The lowest BCUT2D eigenvalue weighted by Gasteiger charge is -2.36. The van der Waals surface area contributed by atoms with Crippen molar-refractivity contribution in [2.75, 3.05) is 51.2 Å². The summed E-state index contributed by atoms with van der Waals surface area (Å²) in [6.07, 6.45) is 0.950. The van der Waals surface area contributed by atoms with Crippen molar-refractivity contribution in [2.45, 2.75) is 13.3 Å². The lowest BCUT2D eigenvalue weighted by molar-refractivity contribution is -0.120. The molecule has 1 fully saturated rings. The molecule has 0 radical (unpaired) electrons. The smallest absolute Gasteiger partial charge is 0.239 e. The molecule has 1 aliphatic rings. The molecule has 7 heteroatoms. The van der Waals surface area contributed by atoms with Gasteiger partial charge in [-0.05, 0) is 23.9 Å². The Labute approximate surface area is 136 Å². The molecule has 0 aromatic carbocycles.